The Morgan fingerprint density at radius 2 is 1.65 bits per heavy atom. The second-order valence-electron chi connectivity index (χ2n) is 5.76. The molecule has 5 nitrogen and oxygen atoms in total. The highest BCUT2D eigenvalue weighted by Gasteiger charge is 2.63. The zero-order valence-corrected chi connectivity index (χ0v) is 15.2. The smallest absolute Gasteiger partial charge is 0.432 e. The van der Waals surface area contributed by atoms with E-state index in [0.717, 1.165) is 32.4 Å². The molecule has 0 unspecified atom stereocenters. The fourth-order valence-electron chi connectivity index (χ4n) is 2.20. The summed E-state index contributed by atoms with van der Waals surface area (Å²) in [5.41, 5.74) is -4.55. The Balaban J connectivity index is 3.34. The summed E-state index contributed by atoms with van der Waals surface area (Å²) in [5.74, 6) is -1.80. The summed E-state index contributed by atoms with van der Waals surface area (Å²) in [6.07, 6.45) is -2.24. The van der Waals surface area contributed by atoms with E-state index in [9.17, 15) is 23.1 Å². The van der Waals surface area contributed by atoms with Crippen molar-refractivity contribution in [2.75, 3.05) is 20.3 Å². The monoisotopic (exact) mass is 378 g/mol. The SMILES string of the molecule is CCCCOc1ccc([C@@](O)(C(=O)OC)C(F)(F)F)c(OCCCC)c1. The van der Waals surface area contributed by atoms with Gasteiger partial charge >= 0.3 is 12.1 Å². The van der Waals surface area contributed by atoms with Crippen molar-refractivity contribution in [1.29, 1.82) is 0 Å². The number of benzene rings is 1. The average Bonchev–Trinajstić information content (AvgIpc) is 2.60. The zero-order chi connectivity index (χ0) is 19.8. The number of hydrogen-bond donors (Lipinski definition) is 1. The van der Waals surface area contributed by atoms with E-state index in [2.05, 4.69) is 4.74 Å². The van der Waals surface area contributed by atoms with Gasteiger partial charge in [-0.2, -0.15) is 13.2 Å². The first-order chi connectivity index (χ1) is 12.2. The summed E-state index contributed by atoms with van der Waals surface area (Å²) in [6.45, 7) is 4.41. The number of alkyl halides is 3. The van der Waals surface area contributed by atoms with Gasteiger partial charge in [0.05, 0.1) is 20.3 Å². The van der Waals surface area contributed by atoms with Crippen LogP contribution in [0.4, 0.5) is 13.2 Å². The number of unbranched alkanes of at least 4 members (excludes halogenated alkanes) is 2. The van der Waals surface area contributed by atoms with Crippen LogP contribution in [0.15, 0.2) is 18.2 Å². The third-order valence-electron chi connectivity index (χ3n) is 3.76. The largest absolute Gasteiger partial charge is 0.493 e. The van der Waals surface area contributed by atoms with Crippen molar-refractivity contribution in [2.45, 2.75) is 51.3 Å². The summed E-state index contributed by atoms with van der Waals surface area (Å²) < 4.78 is 55.6. The van der Waals surface area contributed by atoms with E-state index in [1.54, 1.807) is 0 Å². The van der Waals surface area contributed by atoms with Crippen LogP contribution in [-0.4, -0.2) is 37.6 Å². The summed E-state index contributed by atoms with van der Waals surface area (Å²) >= 11 is 0. The molecule has 0 bridgehead atoms. The lowest BCUT2D eigenvalue weighted by molar-refractivity contribution is -0.267. The summed E-state index contributed by atoms with van der Waals surface area (Å²) in [6, 6.07) is 3.49. The van der Waals surface area contributed by atoms with Gasteiger partial charge < -0.3 is 19.3 Å². The molecule has 0 aliphatic rings. The number of esters is 1. The molecule has 148 valence electrons. The van der Waals surface area contributed by atoms with Gasteiger partial charge in [-0.15, -0.1) is 0 Å². The van der Waals surface area contributed by atoms with Gasteiger partial charge in [0.1, 0.15) is 11.5 Å². The van der Waals surface area contributed by atoms with Gasteiger partial charge in [0.25, 0.3) is 5.60 Å². The quantitative estimate of drug-likeness (QED) is 0.493. The number of aliphatic hydroxyl groups is 1. The summed E-state index contributed by atoms with van der Waals surface area (Å²) in [4.78, 5) is 11.8. The molecule has 8 heteroatoms. The van der Waals surface area contributed by atoms with Gasteiger partial charge in [-0.1, -0.05) is 26.7 Å². The van der Waals surface area contributed by atoms with Crippen LogP contribution in [0, 0.1) is 0 Å². The topological polar surface area (TPSA) is 65.0 Å². The van der Waals surface area contributed by atoms with Crippen molar-refractivity contribution in [2.24, 2.45) is 0 Å². The Morgan fingerprint density at radius 3 is 2.15 bits per heavy atom. The molecule has 0 amide bonds. The molecular weight excluding hydrogens is 353 g/mol. The van der Waals surface area contributed by atoms with Gasteiger partial charge in [0, 0.05) is 11.6 Å². The van der Waals surface area contributed by atoms with Crippen molar-refractivity contribution in [3.63, 3.8) is 0 Å². The van der Waals surface area contributed by atoms with Crippen molar-refractivity contribution in [3.05, 3.63) is 23.8 Å². The Hall–Kier alpha value is -1.96. The molecule has 1 aromatic rings. The molecule has 0 aliphatic heterocycles. The van der Waals surface area contributed by atoms with Crippen molar-refractivity contribution in [3.8, 4) is 11.5 Å². The van der Waals surface area contributed by atoms with Crippen LogP contribution >= 0.6 is 0 Å². The Morgan fingerprint density at radius 1 is 1.08 bits per heavy atom. The number of carbonyl (C=O) groups excluding carboxylic acids is 1. The first kappa shape index (κ1) is 22.1. The van der Waals surface area contributed by atoms with Crippen molar-refractivity contribution >= 4 is 5.97 Å². The van der Waals surface area contributed by atoms with Crippen LogP contribution < -0.4 is 9.47 Å². The minimum Gasteiger partial charge on any atom is -0.493 e. The van der Waals surface area contributed by atoms with Crippen LogP contribution in [-0.2, 0) is 15.1 Å². The van der Waals surface area contributed by atoms with Crippen LogP contribution in [0.25, 0.3) is 0 Å². The maximum Gasteiger partial charge on any atom is 0.432 e. The molecule has 0 aromatic heterocycles. The molecule has 0 radical (unpaired) electrons. The number of ether oxygens (including phenoxy) is 3. The number of rotatable bonds is 10. The second kappa shape index (κ2) is 9.66. The fourth-order valence-corrected chi connectivity index (χ4v) is 2.20. The zero-order valence-electron chi connectivity index (χ0n) is 15.2. The van der Waals surface area contributed by atoms with Crippen LogP contribution in [0.3, 0.4) is 0 Å². The van der Waals surface area contributed by atoms with E-state index in [-0.39, 0.29) is 12.4 Å². The van der Waals surface area contributed by atoms with Crippen LogP contribution in [0.1, 0.15) is 45.1 Å². The normalized spacial score (nSPS) is 13.8. The molecule has 1 atom stereocenters. The molecule has 0 aliphatic carbocycles. The number of hydrogen-bond acceptors (Lipinski definition) is 5. The van der Waals surface area contributed by atoms with E-state index >= 15 is 0 Å². The highest BCUT2D eigenvalue weighted by molar-refractivity contribution is 5.83. The molecule has 0 fully saturated rings. The molecule has 1 N–H and O–H groups in total. The van der Waals surface area contributed by atoms with E-state index in [4.69, 9.17) is 9.47 Å². The minimum absolute atomic E-state index is 0.136. The molecule has 1 aromatic carbocycles. The summed E-state index contributed by atoms with van der Waals surface area (Å²) in [5, 5.41) is 10.2. The fraction of sp³-hybridized carbons (Fsp3) is 0.611. The first-order valence-electron chi connectivity index (χ1n) is 8.49. The molecule has 26 heavy (non-hydrogen) atoms. The molecule has 0 saturated carbocycles. The molecule has 1 rings (SSSR count). The third-order valence-corrected chi connectivity index (χ3v) is 3.76. The lowest BCUT2D eigenvalue weighted by atomic mass is 9.92. The van der Waals surface area contributed by atoms with E-state index in [1.165, 1.54) is 12.1 Å². The Kier molecular flexibility index (Phi) is 8.20. The lowest BCUT2D eigenvalue weighted by Crippen LogP contribution is -2.50. The lowest BCUT2D eigenvalue weighted by Gasteiger charge is -2.29. The number of carbonyl (C=O) groups is 1. The Labute approximate surface area is 151 Å². The highest BCUT2D eigenvalue weighted by Crippen LogP contribution is 2.44. The van der Waals surface area contributed by atoms with Gasteiger partial charge in [-0.3, -0.25) is 0 Å². The van der Waals surface area contributed by atoms with E-state index < -0.39 is 23.3 Å². The van der Waals surface area contributed by atoms with Gasteiger partial charge in [0.15, 0.2) is 0 Å². The molecule has 0 spiro atoms. The standard InChI is InChI=1S/C18H25F3O5/c1-4-6-10-25-13-8-9-14(15(12-13)26-11-7-5-2)17(23,16(22)24-3)18(19,20)21/h8-9,12,23H,4-7,10-11H2,1-3H3/t17-/m1/s1. The summed E-state index contributed by atoms with van der Waals surface area (Å²) in [7, 11) is 0.777. The van der Waals surface area contributed by atoms with Crippen molar-refractivity contribution < 1.29 is 37.3 Å². The van der Waals surface area contributed by atoms with Gasteiger partial charge in [-0.05, 0) is 25.0 Å². The highest BCUT2D eigenvalue weighted by atomic mass is 19.4. The number of halogens is 3. The number of methoxy groups -OCH3 is 1. The maximum absolute atomic E-state index is 13.5. The van der Waals surface area contributed by atoms with Gasteiger partial charge in [-0.25, -0.2) is 4.79 Å². The minimum atomic E-state index is -5.28. The van der Waals surface area contributed by atoms with E-state index in [0.29, 0.717) is 18.8 Å². The van der Waals surface area contributed by atoms with Gasteiger partial charge in [0.2, 0.25) is 0 Å². The predicted molar refractivity (Wildman–Crippen MR) is 89.2 cm³/mol. The first-order valence-corrected chi connectivity index (χ1v) is 8.49. The van der Waals surface area contributed by atoms with Crippen LogP contribution in [0.5, 0.6) is 11.5 Å². The second-order valence-corrected chi connectivity index (χ2v) is 5.76. The maximum atomic E-state index is 13.5. The third kappa shape index (κ3) is 5.03. The molecular formula is C18H25F3O5. The Bertz CT molecular complexity index is 589. The molecule has 0 saturated heterocycles. The van der Waals surface area contributed by atoms with E-state index in [1.807, 2.05) is 13.8 Å². The average molecular weight is 378 g/mol. The predicted octanol–water partition coefficient (Wildman–Crippen LogP) is 3.97. The van der Waals surface area contributed by atoms with Crippen molar-refractivity contribution in [1.82, 2.24) is 0 Å². The molecule has 0 heterocycles. The van der Waals surface area contributed by atoms with Crippen LogP contribution in [0.2, 0.25) is 0 Å².